The third-order valence-electron chi connectivity index (χ3n) is 12.7. The van der Waals surface area contributed by atoms with Crippen molar-refractivity contribution in [2.75, 3.05) is 0 Å². The number of hydrogen-bond donors (Lipinski definition) is 1. The lowest BCUT2D eigenvalue weighted by atomic mass is 10.1. The summed E-state index contributed by atoms with van der Waals surface area (Å²) in [4.78, 5) is 10.1. The highest BCUT2D eigenvalue weighted by Gasteiger charge is 2.23. The van der Waals surface area contributed by atoms with Gasteiger partial charge in [-0.25, -0.2) is 9.98 Å². The lowest BCUT2D eigenvalue weighted by Gasteiger charge is -2.24. The zero-order valence-corrected chi connectivity index (χ0v) is 34.1. The van der Waals surface area contributed by atoms with Crippen molar-refractivity contribution in [3.8, 4) is 17.1 Å². The molecule has 0 saturated heterocycles. The number of nitrogens with zero attached hydrogens (tertiary/aromatic N) is 5. The van der Waals surface area contributed by atoms with Crippen LogP contribution >= 0.6 is 0 Å². The molecule has 6 heteroatoms. The van der Waals surface area contributed by atoms with Crippen LogP contribution in [0.3, 0.4) is 0 Å². The first-order chi connectivity index (χ1) is 31.2. The predicted octanol–water partition coefficient (Wildman–Crippen LogP) is 13.5. The minimum Gasteiger partial charge on any atom is -0.344 e. The number of aromatic nitrogens is 3. The lowest BCUT2D eigenvalue weighted by Crippen LogP contribution is -2.33. The normalized spacial score (nSPS) is 14.2. The maximum Gasteiger partial charge on any atom is 0.159 e. The van der Waals surface area contributed by atoms with Crippen molar-refractivity contribution in [1.82, 2.24) is 19.0 Å². The van der Waals surface area contributed by atoms with Gasteiger partial charge >= 0.3 is 0 Å². The fraction of sp³-hybridized carbons (Fsp3) is 0.0175. The molecule has 1 aliphatic heterocycles. The van der Waals surface area contributed by atoms with Crippen molar-refractivity contribution in [1.29, 1.82) is 0 Å². The topological polar surface area (TPSA) is 51.5 Å². The first-order valence-corrected chi connectivity index (χ1v) is 21.4. The average molecular weight is 807 g/mol. The van der Waals surface area contributed by atoms with Crippen LogP contribution in [0.4, 0.5) is 0 Å². The summed E-state index contributed by atoms with van der Waals surface area (Å²) in [6.45, 7) is 0. The highest BCUT2D eigenvalue weighted by atomic mass is 15.2. The van der Waals surface area contributed by atoms with E-state index in [1.54, 1.807) is 0 Å². The minimum atomic E-state index is -0.317. The Morgan fingerprint density at radius 2 is 0.714 bits per heavy atom. The van der Waals surface area contributed by atoms with Crippen LogP contribution in [0.5, 0.6) is 0 Å². The molecule has 0 amide bonds. The Morgan fingerprint density at radius 3 is 1.19 bits per heavy atom. The largest absolute Gasteiger partial charge is 0.344 e. The van der Waals surface area contributed by atoms with Gasteiger partial charge in [-0.2, -0.15) is 0 Å². The third kappa shape index (κ3) is 5.58. The molecule has 0 radical (unpaired) electrons. The van der Waals surface area contributed by atoms with E-state index in [4.69, 9.17) is 9.98 Å². The molecule has 0 saturated carbocycles. The van der Waals surface area contributed by atoms with E-state index < -0.39 is 0 Å². The molecule has 4 heterocycles. The Hall–Kier alpha value is -8.48. The Morgan fingerprint density at radius 1 is 0.333 bits per heavy atom. The Labute approximate surface area is 362 Å². The van der Waals surface area contributed by atoms with Crippen molar-refractivity contribution in [2.24, 2.45) is 9.98 Å². The Kier molecular flexibility index (Phi) is 7.87. The average Bonchev–Trinajstić information content (AvgIpc) is 4.00. The SMILES string of the molecule is c1ccc(C2=NC(c3ccc(-n4c5ccc(-n6c7ccccc7c7ccccc76)cc5c5cc(-n6c7ccccc7c7ccccc76)ccc54)cc3)NC(c3ccccc3)=N2)cc1. The number of aliphatic imine (C=N–C) groups is 2. The van der Waals surface area contributed by atoms with Crippen LogP contribution < -0.4 is 5.32 Å². The van der Waals surface area contributed by atoms with Gasteiger partial charge in [0.1, 0.15) is 12.0 Å². The summed E-state index contributed by atoms with van der Waals surface area (Å²) in [5.74, 6) is 1.52. The molecule has 1 aliphatic rings. The van der Waals surface area contributed by atoms with Gasteiger partial charge in [0.15, 0.2) is 5.84 Å². The van der Waals surface area contributed by atoms with Gasteiger partial charge in [0.25, 0.3) is 0 Å². The molecule has 1 unspecified atom stereocenters. The molecule has 296 valence electrons. The summed E-state index contributed by atoms with van der Waals surface area (Å²) in [5, 5.41) is 11.0. The van der Waals surface area contributed by atoms with Crippen LogP contribution in [-0.4, -0.2) is 25.4 Å². The van der Waals surface area contributed by atoms with E-state index in [1.807, 2.05) is 36.4 Å². The number of rotatable bonds is 6. The van der Waals surface area contributed by atoms with Crippen molar-refractivity contribution in [3.63, 3.8) is 0 Å². The number of hydrogen-bond acceptors (Lipinski definition) is 3. The summed E-state index contributed by atoms with van der Waals surface area (Å²) in [5.41, 5.74) is 13.4. The molecule has 0 bridgehead atoms. The molecule has 9 aromatic carbocycles. The van der Waals surface area contributed by atoms with Crippen LogP contribution in [0.2, 0.25) is 0 Å². The quantitative estimate of drug-likeness (QED) is 0.179. The van der Waals surface area contributed by atoms with Crippen LogP contribution in [0.15, 0.2) is 228 Å². The van der Waals surface area contributed by atoms with Gasteiger partial charge in [0.05, 0.1) is 33.1 Å². The highest BCUT2D eigenvalue weighted by molar-refractivity contribution is 6.15. The molecule has 13 rings (SSSR count). The van der Waals surface area contributed by atoms with E-state index in [9.17, 15) is 0 Å². The minimum absolute atomic E-state index is 0.317. The second kappa shape index (κ2) is 14.0. The molecule has 1 N–H and O–H groups in total. The van der Waals surface area contributed by atoms with Gasteiger partial charge in [0.2, 0.25) is 0 Å². The number of para-hydroxylation sites is 4. The molecule has 0 fully saturated rings. The zero-order valence-electron chi connectivity index (χ0n) is 34.1. The summed E-state index contributed by atoms with van der Waals surface area (Å²) >= 11 is 0. The van der Waals surface area contributed by atoms with Crippen molar-refractivity contribution >= 4 is 77.1 Å². The summed E-state index contributed by atoms with van der Waals surface area (Å²) < 4.78 is 7.23. The smallest absolute Gasteiger partial charge is 0.159 e. The molecule has 63 heavy (non-hydrogen) atoms. The second-order valence-electron chi connectivity index (χ2n) is 16.3. The second-order valence-corrected chi connectivity index (χ2v) is 16.3. The maximum atomic E-state index is 5.15. The molecule has 3 aromatic heterocycles. The number of amidine groups is 2. The van der Waals surface area contributed by atoms with E-state index in [0.717, 1.165) is 50.6 Å². The molecule has 6 nitrogen and oxygen atoms in total. The summed E-state index contributed by atoms with van der Waals surface area (Å²) in [7, 11) is 0. The standard InChI is InChI=1S/C57H38N6/c1-3-15-37(16-4-1)55-58-56(38-17-5-2-6-18-38)60-57(59-55)39-27-29-40(30-28-39)61-53-33-31-41(62-49-23-11-7-19-43(49)44-20-8-12-24-50(44)62)35-47(53)48-36-42(32-34-54(48)61)63-51-25-13-9-21-45(51)46-22-10-14-26-52(46)63/h1-36,57H,(H,58,59,60). The van der Waals surface area contributed by atoms with Crippen LogP contribution in [0.1, 0.15) is 22.9 Å². The monoisotopic (exact) mass is 806 g/mol. The Balaban J connectivity index is 0.994. The fourth-order valence-electron chi connectivity index (χ4n) is 9.84. The molecular formula is C57H38N6. The molecule has 0 spiro atoms. The van der Waals surface area contributed by atoms with E-state index in [-0.39, 0.29) is 6.17 Å². The summed E-state index contributed by atoms with van der Waals surface area (Å²) in [6, 6.07) is 78.1. The zero-order chi connectivity index (χ0) is 41.4. The van der Waals surface area contributed by atoms with Gasteiger partial charge in [-0.15, -0.1) is 0 Å². The first-order valence-electron chi connectivity index (χ1n) is 21.4. The number of fused-ring (bicyclic) bond motifs is 9. The van der Waals surface area contributed by atoms with Crippen molar-refractivity contribution in [2.45, 2.75) is 6.17 Å². The third-order valence-corrected chi connectivity index (χ3v) is 12.7. The predicted molar refractivity (Wildman–Crippen MR) is 261 cm³/mol. The van der Waals surface area contributed by atoms with Gasteiger partial charge in [-0.1, -0.05) is 146 Å². The first kappa shape index (κ1) is 35.3. The van der Waals surface area contributed by atoms with Gasteiger partial charge in [-0.3, -0.25) is 0 Å². The highest BCUT2D eigenvalue weighted by Crippen LogP contribution is 2.39. The van der Waals surface area contributed by atoms with E-state index in [0.29, 0.717) is 5.84 Å². The van der Waals surface area contributed by atoms with Gasteiger partial charge in [0, 0.05) is 60.5 Å². The summed E-state index contributed by atoms with van der Waals surface area (Å²) in [6.07, 6.45) is -0.317. The fourth-order valence-corrected chi connectivity index (χ4v) is 9.84. The van der Waals surface area contributed by atoms with Gasteiger partial charge < -0.3 is 19.0 Å². The van der Waals surface area contributed by atoms with Gasteiger partial charge in [-0.05, 0) is 78.4 Å². The molecule has 1 atom stereocenters. The van der Waals surface area contributed by atoms with E-state index in [1.165, 1.54) is 54.4 Å². The van der Waals surface area contributed by atoms with Crippen LogP contribution in [0, 0.1) is 0 Å². The van der Waals surface area contributed by atoms with Crippen molar-refractivity contribution < 1.29 is 0 Å². The Bertz CT molecular complexity index is 3530. The molecule has 0 aliphatic carbocycles. The van der Waals surface area contributed by atoms with E-state index in [2.05, 4.69) is 201 Å². The van der Waals surface area contributed by atoms with Crippen LogP contribution in [0.25, 0.3) is 82.5 Å². The molecular weight excluding hydrogens is 769 g/mol. The maximum absolute atomic E-state index is 5.15. The number of nitrogens with one attached hydrogen (secondary N) is 1. The lowest BCUT2D eigenvalue weighted by molar-refractivity contribution is 0.674. The molecule has 12 aromatic rings. The number of benzene rings is 9. The van der Waals surface area contributed by atoms with E-state index >= 15 is 0 Å². The van der Waals surface area contributed by atoms with Crippen molar-refractivity contribution in [3.05, 3.63) is 235 Å². The van der Waals surface area contributed by atoms with Crippen LogP contribution in [-0.2, 0) is 0 Å².